The molecule has 3 aromatic rings. The highest BCUT2D eigenvalue weighted by Crippen LogP contribution is 2.31. The first-order valence-electron chi connectivity index (χ1n) is 7.30. The highest BCUT2D eigenvalue weighted by atomic mass is 32.2. The Hall–Kier alpha value is -2.33. The second kappa shape index (κ2) is 7.05. The van der Waals surface area contributed by atoms with Crippen LogP contribution in [0, 0.1) is 10.1 Å². The Morgan fingerprint density at radius 2 is 2.00 bits per heavy atom. The van der Waals surface area contributed by atoms with Gasteiger partial charge in [-0.2, -0.15) is 4.37 Å². The van der Waals surface area contributed by atoms with E-state index in [0.29, 0.717) is 12.4 Å². The van der Waals surface area contributed by atoms with E-state index in [1.165, 1.54) is 35.4 Å². The van der Waals surface area contributed by atoms with Gasteiger partial charge in [0.25, 0.3) is 5.69 Å². The quantitative estimate of drug-likeness (QED) is 0.489. The number of nitrogens with zero attached hydrogens (tertiary/aromatic N) is 6. The largest absolute Gasteiger partial charge is 0.302 e. The predicted octanol–water partition coefficient (Wildman–Crippen LogP) is 3.44. The average molecular weight is 362 g/mol. The van der Waals surface area contributed by atoms with E-state index in [4.69, 9.17) is 0 Å². The molecule has 0 amide bonds. The second-order valence-electron chi connectivity index (χ2n) is 4.79. The summed E-state index contributed by atoms with van der Waals surface area (Å²) in [6, 6.07) is 6.30. The number of non-ortho nitro benzene ring substituents is 1. The summed E-state index contributed by atoms with van der Waals surface area (Å²) >= 11 is 2.77. The summed E-state index contributed by atoms with van der Waals surface area (Å²) in [5, 5.41) is 20.0. The van der Waals surface area contributed by atoms with Crippen LogP contribution >= 0.6 is 23.3 Å². The minimum Gasteiger partial charge on any atom is -0.302 e. The van der Waals surface area contributed by atoms with Crippen molar-refractivity contribution in [3.63, 3.8) is 0 Å². The Morgan fingerprint density at radius 3 is 2.58 bits per heavy atom. The average Bonchev–Trinajstić information content (AvgIpc) is 3.21. The molecule has 2 heterocycles. The van der Waals surface area contributed by atoms with Gasteiger partial charge in [-0.3, -0.25) is 10.1 Å². The maximum Gasteiger partial charge on any atom is 0.269 e. The van der Waals surface area contributed by atoms with E-state index < -0.39 is 4.92 Å². The topological polar surface area (TPSA) is 99.6 Å². The van der Waals surface area contributed by atoms with Crippen LogP contribution < -0.4 is 0 Å². The van der Waals surface area contributed by atoms with Crippen LogP contribution in [-0.2, 0) is 13.0 Å². The molecule has 10 heteroatoms. The normalized spacial score (nSPS) is 10.9. The van der Waals surface area contributed by atoms with Crippen LogP contribution in [0.3, 0.4) is 0 Å². The molecule has 0 fully saturated rings. The van der Waals surface area contributed by atoms with Crippen LogP contribution in [0.4, 0.5) is 5.69 Å². The molecule has 8 nitrogen and oxygen atoms in total. The molecule has 24 heavy (non-hydrogen) atoms. The first-order chi connectivity index (χ1) is 11.6. The van der Waals surface area contributed by atoms with Crippen LogP contribution in [0.25, 0.3) is 11.4 Å². The van der Waals surface area contributed by atoms with Gasteiger partial charge in [0.15, 0.2) is 15.3 Å². The summed E-state index contributed by atoms with van der Waals surface area (Å²) in [6.07, 6.45) is 0.797. The first-order valence-corrected chi connectivity index (χ1v) is 8.89. The molecule has 0 aliphatic rings. The molecule has 1 aromatic carbocycles. The lowest BCUT2D eigenvalue weighted by Gasteiger charge is -2.06. The highest BCUT2D eigenvalue weighted by Gasteiger charge is 2.16. The summed E-state index contributed by atoms with van der Waals surface area (Å²) in [4.78, 5) is 14.8. The van der Waals surface area contributed by atoms with Crippen molar-refractivity contribution in [3.8, 4) is 11.4 Å². The Morgan fingerprint density at radius 1 is 1.25 bits per heavy atom. The van der Waals surface area contributed by atoms with Crippen LogP contribution in [-0.4, -0.2) is 29.0 Å². The molecule has 0 unspecified atom stereocenters. The first kappa shape index (κ1) is 16.5. The lowest BCUT2D eigenvalue weighted by Crippen LogP contribution is -1.99. The number of nitro groups is 1. The molecule has 0 aliphatic heterocycles. The number of hydrogen-bond donors (Lipinski definition) is 0. The van der Waals surface area contributed by atoms with Crippen LogP contribution in [0.5, 0.6) is 0 Å². The molecule has 0 saturated carbocycles. The van der Waals surface area contributed by atoms with Gasteiger partial charge in [0.1, 0.15) is 5.82 Å². The standard InChI is InChI=1S/C14H14N6O2S2/c1-3-11-15-14(24-18-11)23-13-17-16-12(19(13)4-2)9-5-7-10(8-6-9)20(21)22/h5-8H,3-4H2,1-2H3. The van der Waals surface area contributed by atoms with E-state index in [-0.39, 0.29) is 5.69 Å². The zero-order valence-electron chi connectivity index (χ0n) is 13.0. The van der Waals surface area contributed by atoms with Gasteiger partial charge in [-0.15, -0.1) is 10.2 Å². The van der Waals surface area contributed by atoms with Crippen LogP contribution in [0.1, 0.15) is 19.7 Å². The van der Waals surface area contributed by atoms with E-state index in [1.807, 2.05) is 18.4 Å². The smallest absolute Gasteiger partial charge is 0.269 e. The van der Waals surface area contributed by atoms with Crippen molar-refractivity contribution in [1.29, 1.82) is 0 Å². The Labute approximate surface area is 146 Å². The van der Waals surface area contributed by atoms with Crippen molar-refractivity contribution < 1.29 is 4.92 Å². The van der Waals surface area contributed by atoms with E-state index in [0.717, 1.165) is 27.3 Å². The zero-order valence-corrected chi connectivity index (χ0v) is 14.7. The molecule has 0 N–H and O–H groups in total. The third kappa shape index (κ3) is 3.29. The maximum absolute atomic E-state index is 10.8. The molecule has 0 radical (unpaired) electrons. The summed E-state index contributed by atoms with van der Waals surface area (Å²) in [7, 11) is 0. The van der Waals surface area contributed by atoms with Crippen LogP contribution in [0.15, 0.2) is 33.8 Å². The highest BCUT2D eigenvalue weighted by molar-refractivity contribution is 8.00. The minimum atomic E-state index is -0.420. The van der Waals surface area contributed by atoms with Gasteiger partial charge in [0.05, 0.1) is 4.92 Å². The third-order valence-electron chi connectivity index (χ3n) is 3.31. The zero-order chi connectivity index (χ0) is 17.1. The summed E-state index contributed by atoms with van der Waals surface area (Å²) < 4.78 is 7.05. The van der Waals surface area contributed by atoms with E-state index in [2.05, 4.69) is 19.6 Å². The number of nitro benzene ring substituents is 1. The summed E-state index contributed by atoms with van der Waals surface area (Å²) in [6.45, 7) is 4.69. The van der Waals surface area contributed by atoms with E-state index in [9.17, 15) is 10.1 Å². The number of aromatic nitrogens is 5. The second-order valence-corrected chi connectivity index (χ2v) is 6.75. The van der Waals surface area contributed by atoms with Gasteiger partial charge in [-0.05, 0) is 42.4 Å². The maximum atomic E-state index is 10.8. The molecule has 0 atom stereocenters. The monoisotopic (exact) mass is 362 g/mol. The third-order valence-corrected chi connectivity index (χ3v) is 5.09. The molecule has 0 aliphatic carbocycles. The van der Waals surface area contributed by atoms with Crippen molar-refractivity contribution in [1.82, 2.24) is 24.1 Å². The number of rotatable bonds is 6. The van der Waals surface area contributed by atoms with E-state index >= 15 is 0 Å². The Kier molecular flexibility index (Phi) is 4.86. The predicted molar refractivity (Wildman–Crippen MR) is 91.2 cm³/mol. The number of aryl methyl sites for hydroxylation is 1. The number of hydrogen-bond acceptors (Lipinski definition) is 8. The van der Waals surface area contributed by atoms with Crippen molar-refractivity contribution in [3.05, 3.63) is 40.2 Å². The number of benzene rings is 1. The van der Waals surface area contributed by atoms with Gasteiger partial charge in [-0.25, -0.2) is 4.98 Å². The Balaban J connectivity index is 1.89. The molecule has 0 bridgehead atoms. The molecular weight excluding hydrogens is 348 g/mol. The lowest BCUT2D eigenvalue weighted by atomic mass is 10.2. The van der Waals surface area contributed by atoms with Gasteiger partial charge in [0.2, 0.25) is 0 Å². The summed E-state index contributed by atoms with van der Waals surface area (Å²) in [5.41, 5.74) is 0.838. The van der Waals surface area contributed by atoms with Gasteiger partial charge in [-0.1, -0.05) is 6.92 Å². The molecular formula is C14H14N6O2S2. The molecule has 2 aromatic heterocycles. The van der Waals surface area contributed by atoms with Crippen molar-refractivity contribution in [2.45, 2.75) is 36.3 Å². The van der Waals surface area contributed by atoms with Crippen molar-refractivity contribution >= 4 is 29.0 Å². The summed E-state index contributed by atoms with van der Waals surface area (Å²) in [5.74, 6) is 1.50. The van der Waals surface area contributed by atoms with E-state index in [1.54, 1.807) is 12.1 Å². The fourth-order valence-corrected chi connectivity index (χ4v) is 3.79. The van der Waals surface area contributed by atoms with Crippen molar-refractivity contribution in [2.75, 3.05) is 0 Å². The molecule has 0 saturated heterocycles. The molecule has 0 spiro atoms. The SMILES string of the molecule is CCc1nsc(Sc2nnc(-c3ccc([N+](=O)[O-])cc3)n2CC)n1. The van der Waals surface area contributed by atoms with Crippen molar-refractivity contribution in [2.24, 2.45) is 0 Å². The van der Waals surface area contributed by atoms with Gasteiger partial charge in [0, 0.05) is 30.7 Å². The fourth-order valence-electron chi connectivity index (χ4n) is 2.10. The fraction of sp³-hybridized carbons (Fsp3) is 0.286. The van der Waals surface area contributed by atoms with Crippen LogP contribution in [0.2, 0.25) is 0 Å². The minimum absolute atomic E-state index is 0.0527. The lowest BCUT2D eigenvalue weighted by molar-refractivity contribution is -0.384. The Bertz CT molecular complexity index is 859. The van der Waals surface area contributed by atoms with Gasteiger partial charge < -0.3 is 4.57 Å². The molecule has 124 valence electrons. The molecule has 3 rings (SSSR count). The van der Waals surface area contributed by atoms with Gasteiger partial charge >= 0.3 is 0 Å².